The van der Waals surface area contributed by atoms with E-state index in [0.29, 0.717) is 17.5 Å². The van der Waals surface area contributed by atoms with E-state index in [-0.39, 0.29) is 69.3 Å². The summed E-state index contributed by atoms with van der Waals surface area (Å²) in [5.41, 5.74) is 3.62. The predicted molar refractivity (Wildman–Crippen MR) is 159 cm³/mol. The van der Waals surface area contributed by atoms with E-state index >= 15 is 0 Å². The van der Waals surface area contributed by atoms with Gasteiger partial charge in [-0.1, -0.05) is 19.4 Å². The number of fused-ring (bicyclic) bond motifs is 1. The fraction of sp³-hybridized carbons (Fsp3) is 0.500. The number of aliphatic carboxylic acids is 1. The van der Waals surface area contributed by atoms with Crippen molar-refractivity contribution < 1.29 is 43.3 Å². The molecule has 0 radical (unpaired) electrons. The van der Waals surface area contributed by atoms with Gasteiger partial charge in [-0.2, -0.15) is 0 Å². The zero-order valence-electron chi connectivity index (χ0n) is 25.4. The number of piperazine rings is 1. The molecule has 2 saturated heterocycles. The number of hydrazine groups is 1. The molecule has 0 aliphatic carbocycles. The van der Waals surface area contributed by atoms with Crippen LogP contribution in [0.15, 0.2) is 24.3 Å². The molecule has 1 atom stereocenters. The number of rotatable bonds is 12. The first kappa shape index (κ1) is 33.0. The van der Waals surface area contributed by atoms with Crippen LogP contribution in [-0.2, 0) is 23.9 Å². The molecule has 0 bridgehead atoms. The van der Waals surface area contributed by atoms with Crippen LogP contribution in [0.25, 0.3) is 10.9 Å². The molecular formula is C30H38N6O9. The van der Waals surface area contributed by atoms with Crippen molar-refractivity contribution in [3.05, 3.63) is 35.5 Å². The van der Waals surface area contributed by atoms with Crippen molar-refractivity contribution in [2.24, 2.45) is 0 Å². The van der Waals surface area contributed by atoms with Gasteiger partial charge in [0, 0.05) is 50.5 Å². The monoisotopic (exact) mass is 626 g/mol. The molecule has 0 spiro atoms. The minimum atomic E-state index is -1.17. The number of carboxylic acid groups (broad SMARTS) is 1. The Kier molecular flexibility index (Phi) is 11.1. The van der Waals surface area contributed by atoms with Crippen LogP contribution >= 0.6 is 0 Å². The number of carbonyl (C=O) groups excluding carboxylic acids is 5. The average molecular weight is 627 g/mol. The molecule has 3 N–H and O–H groups in total. The van der Waals surface area contributed by atoms with Crippen molar-refractivity contribution in [1.82, 2.24) is 30.5 Å². The Morgan fingerprint density at radius 1 is 1.07 bits per heavy atom. The van der Waals surface area contributed by atoms with Gasteiger partial charge >= 0.3 is 12.1 Å². The third kappa shape index (κ3) is 8.80. The summed E-state index contributed by atoms with van der Waals surface area (Å²) >= 11 is 0. The third-order valence-corrected chi connectivity index (χ3v) is 7.46. The molecule has 1 aromatic carbocycles. The quantitative estimate of drug-likeness (QED) is 0.289. The molecule has 4 rings (SSSR count). The average Bonchev–Trinajstić information content (AvgIpc) is 3.47. The van der Waals surface area contributed by atoms with Gasteiger partial charge < -0.3 is 29.7 Å². The van der Waals surface area contributed by atoms with E-state index in [0.717, 1.165) is 23.4 Å². The lowest BCUT2D eigenvalue weighted by Gasteiger charge is -2.36. The predicted octanol–water partition coefficient (Wildman–Crippen LogP) is 1.23. The number of aryl methyl sites for hydroxylation is 1. The van der Waals surface area contributed by atoms with E-state index in [2.05, 4.69) is 15.7 Å². The van der Waals surface area contributed by atoms with Crippen LogP contribution in [-0.4, -0.2) is 113 Å². The Labute approximate surface area is 259 Å². The standard InChI is InChI=1S/C30H38N6O9/c1-3-4-15-44-30(43)35-13-11-34(12-14-35)29(42)21(7-8-27(39)40)32-28(41)23-17-24(20-6-5-19(2)16-22(20)31-23)45-18-26(38)36-10-9-25(37)33-36/h5-6,16-17,21H,3-4,7-15,18H2,1-2H3,(H,32,41)(H,33,37)(H,39,40). The number of pyridine rings is 1. The van der Waals surface area contributed by atoms with Gasteiger partial charge in [0.25, 0.3) is 11.8 Å². The van der Waals surface area contributed by atoms with Crippen LogP contribution in [0.3, 0.4) is 0 Å². The minimum Gasteiger partial charge on any atom is -0.483 e. The molecule has 2 aromatic rings. The van der Waals surface area contributed by atoms with Crippen molar-refractivity contribution in [2.75, 3.05) is 45.9 Å². The SMILES string of the molecule is CCCCOC(=O)N1CCN(C(=O)C(CCC(=O)O)NC(=O)c2cc(OCC(=O)N3CCC(=O)N3)c3ccc(C)cc3n2)CC1. The molecule has 0 saturated carbocycles. The first-order valence-electron chi connectivity index (χ1n) is 14.9. The second-order valence-corrected chi connectivity index (χ2v) is 10.9. The summed E-state index contributed by atoms with van der Waals surface area (Å²) in [4.78, 5) is 82.1. The van der Waals surface area contributed by atoms with Gasteiger partial charge in [0.1, 0.15) is 17.5 Å². The first-order valence-corrected chi connectivity index (χ1v) is 14.9. The second kappa shape index (κ2) is 15.2. The summed E-state index contributed by atoms with van der Waals surface area (Å²) in [6.07, 6.45) is 0.857. The topological polar surface area (TPSA) is 188 Å². The molecule has 15 nitrogen and oxygen atoms in total. The lowest BCUT2D eigenvalue weighted by Crippen LogP contribution is -2.56. The molecule has 2 aliphatic rings. The molecule has 2 aliphatic heterocycles. The first-order chi connectivity index (χ1) is 21.5. The van der Waals surface area contributed by atoms with Crippen LogP contribution in [0.2, 0.25) is 0 Å². The minimum absolute atomic E-state index is 0.0993. The van der Waals surface area contributed by atoms with Gasteiger partial charge in [-0.25, -0.2) is 9.78 Å². The largest absolute Gasteiger partial charge is 0.483 e. The van der Waals surface area contributed by atoms with Crippen LogP contribution in [0.1, 0.15) is 55.1 Å². The number of hydrogen-bond donors (Lipinski definition) is 3. The number of hydrogen-bond acceptors (Lipinski definition) is 9. The summed E-state index contributed by atoms with van der Waals surface area (Å²) in [7, 11) is 0. The lowest BCUT2D eigenvalue weighted by atomic mass is 10.1. The molecule has 5 amide bonds. The maximum atomic E-state index is 13.5. The maximum absolute atomic E-state index is 13.5. The highest BCUT2D eigenvalue weighted by atomic mass is 16.6. The van der Waals surface area contributed by atoms with Crippen molar-refractivity contribution in [3.8, 4) is 5.75 Å². The van der Waals surface area contributed by atoms with Gasteiger partial charge in [0.15, 0.2) is 6.61 Å². The van der Waals surface area contributed by atoms with Gasteiger partial charge in [0.05, 0.1) is 18.7 Å². The number of ether oxygens (including phenoxy) is 2. The van der Waals surface area contributed by atoms with Gasteiger partial charge in [-0.15, -0.1) is 0 Å². The number of aromatic nitrogens is 1. The van der Waals surface area contributed by atoms with Crippen molar-refractivity contribution in [1.29, 1.82) is 0 Å². The van der Waals surface area contributed by atoms with Crippen LogP contribution in [0, 0.1) is 6.92 Å². The van der Waals surface area contributed by atoms with Gasteiger partial charge in [-0.3, -0.25) is 34.4 Å². The number of amides is 5. The van der Waals surface area contributed by atoms with Gasteiger partial charge in [-0.05, 0) is 37.5 Å². The Hall–Kier alpha value is -4.95. The molecule has 15 heteroatoms. The lowest BCUT2D eigenvalue weighted by molar-refractivity contribution is -0.138. The number of nitrogens with one attached hydrogen (secondary N) is 2. The molecule has 45 heavy (non-hydrogen) atoms. The summed E-state index contributed by atoms with van der Waals surface area (Å²) in [6, 6.07) is 5.49. The van der Waals surface area contributed by atoms with E-state index in [9.17, 15) is 33.9 Å². The summed E-state index contributed by atoms with van der Waals surface area (Å²) < 4.78 is 11.0. The highest BCUT2D eigenvalue weighted by Crippen LogP contribution is 2.27. The van der Waals surface area contributed by atoms with Crippen molar-refractivity contribution >= 4 is 46.6 Å². The Bertz CT molecular complexity index is 1460. The third-order valence-electron chi connectivity index (χ3n) is 7.46. The van der Waals surface area contributed by atoms with Crippen LogP contribution in [0.4, 0.5) is 4.79 Å². The smallest absolute Gasteiger partial charge is 0.409 e. The summed E-state index contributed by atoms with van der Waals surface area (Å²) in [5.74, 6) is -2.89. The maximum Gasteiger partial charge on any atom is 0.409 e. The molecule has 1 aromatic heterocycles. The van der Waals surface area contributed by atoms with Gasteiger partial charge in [0.2, 0.25) is 11.8 Å². The molecule has 1 unspecified atom stereocenters. The molecule has 2 fully saturated rings. The Morgan fingerprint density at radius 2 is 1.80 bits per heavy atom. The van der Waals surface area contributed by atoms with Crippen LogP contribution in [0.5, 0.6) is 5.75 Å². The van der Waals surface area contributed by atoms with Crippen molar-refractivity contribution in [2.45, 2.75) is 52.0 Å². The molecule has 242 valence electrons. The number of nitrogens with zero attached hydrogens (tertiary/aromatic N) is 4. The number of carbonyl (C=O) groups is 6. The van der Waals surface area contributed by atoms with Crippen LogP contribution < -0.4 is 15.5 Å². The van der Waals surface area contributed by atoms with E-state index < -0.39 is 42.4 Å². The number of carboxylic acids is 1. The Morgan fingerprint density at radius 3 is 2.47 bits per heavy atom. The van der Waals surface area contributed by atoms with E-state index in [1.165, 1.54) is 15.9 Å². The zero-order valence-corrected chi connectivity index (χ0v) is 25.4. The number of unbranched alkanes of at least 4 members (excludes halogenated alkanes) is 1. The van der Waals surface area contributed by atoms with E-state index in [1.54, 1.807) is 12.1 Å². The highest BCUT2D eigenvalue weighted by molar-refractivity contribution is 5.99. The van der Waals surface area contributed by atoms with Crippen molar-refractivity contribution in [3.63, 3.8) is 0 Å². The fourth-order valence-electron chi connectivity index (χ4n) is 4.90. The fourth-order valence-corrected chi connectivity index (χ4v) is 4.90. The Balaban J connectivity index is 1.47. The number of benzene rings is 1. The molecular weight excluding hydrogens is 588 g/mol. The summed E-state index contributed by atoms with van der Waals surface area (Å²) in [6.45, 7) is 4.82. The van der Waals surface area contributed by atoms with E-state index in [1.807, 2.05) is 19.9 Å². The highest BCUT2D eigenvalue weighted by Gasteiger charge is 2.31. The summed E-state index contributed by atoms with van der Waals surface area (Å²) in [5, 5.41) is 13.6. The molecule has 3 heterocycles. The second-order valence-electron chi connectivity index (χ2n) is 10.9. The normalized spacial score (nSPS) is 15.4. The zero-order chi connectivity index (χ0) is 32.5. The van der Waals surface area contributed by atoms with E-state index in [4.69, 9.17) is 9.47 Å².